The first-order valence-corrected chi connectivity index (χ1v) is 9.63. The normalized spacial score (nSPS) is 14.1. The van der Waals surface area contributed by atoms with Crippen molar-refractivity contribution in [3.63, 3.8) is 0 Å². The van der Waals surface area contributed by atoms with Crippen LogP contribution in [0.15, 0.2) is 48.7 Å². The fourth-order valence-corrected chi connectivity index (χ4v) is 3.51. The van der Waals surface area contributed by atoms with Crippen molar-refractivity contribution in [1.82, 2.24) is 9.97 Å². The van der Waals surface area contributed by atoms with Gasteiger partial charge in [-0.3, -0.25) is 0 Å². The predicted octanol–water partition coefficient (Wildman–Crippen LogP) is 4.61. The zero-order valence-electron chi connectivity index (χ0n) is 15.0. The molecule has 1 aliphatic heterocycles. The number of aromatic nitrogens is 2. The molecular formula is C20H19Cl2N5O. The standard InChI is InChI=1S/C20H19Cl2N5O/c21-16-11-13(12-17(22)19(16)23)18-5-6-24-20(26-18)25-14-1-3-15(4-2-14)27-7-9-28-10-8-27/h1-6,11-12H,7-10,23H2,(H,24,25,26). The van der Waals surface area contributed by atoms with Crippen molar-refractivity contribution in [3.05, 3.63) is 58.7 Å². The van der Waals surface area contributed by atoms with Crippen LogP contribution in [0.2, 0.25) is 10.0 Å². The van der Waals surface area contributed by atoms with Gasteiger partial charge in [-0.1, -0.05) is 23.2 Å². The number of ether oxygens (including phenoxy) is 1. The van der Waals surface area contributed by atoms with Gasteiger partial charge in [0.05, 0.1) is 34.6 Å². The van der Waals surface area contributed by atoms with Crippen LogP contribution in [0.25, 0.3) is 11.3 Å². The molecule has 1 saturated heterocycles. The summed E-state index contributed by atoms with van der Waals surface area (Å²) < 4.78 is 5.40. The molecule has 3 N–H and O–H groups in total. The molecule has 1 aliphatic rings. The van der Waals surface area contributed by atoms with Gasteiger partial charge >= 0.3 is 0 Å². The summed E-state index contributed by atoms with van der Waals surface area (Å²) in [5.41, 5.74) is 9.72. The summed E-state index contributed by atoms with van der Waals surface area (Å²) in [6.07, 6.45) is 1.69. The third kappa shape index (κ3) is 4.14. The Morgan fingerprint density at radius 3 is 2.36 bits per heavy atom. The Morgan fingerprint density at radius 2 is 1.68 bits per heavy atom. The van der Waals surface area contributed by atoms with E-state index in [1.807, 2.05) is 12.1 Å². The molecule has 0 aliphatic carbocycles. The third-order valence-electron chi connectivity index (χ3n) is 4.53. The summed E-state index contributed by atoms with van der Waals surface area (Å²) in [7, 11) is 0. The molecule has 4 rings (SSSR count). The molecule has 2 aromatic carbocycles. The topological polar surface area (TPSA) is 76.3 Å². The first-order chi connectivity index (χ1) is 13.6. The predicted molar refractivity (Wildman–Crippen MR) is 115 cm³/mol. The molecule has 8 heteroatoms. The van der Waals surface area contributed by atoms with Crippen LogP contribution in [0.1, 0.15) is 0 Å². The number of hydrogen-bond donors (Lipinski definition) is 2. The highest BCUT2D eigenvalue weighted by molar-refractivity contribution is 6.39. The number of nitrogens with two attached hydrogens (primary N) is 1. The monoisotopic (exact) mass is 415 g/mol. The van der Waals surface area contributed by atoms with Gasteiger partial charge in [0.15, 0.2) is 0 Å². The molecule has 0 amide bonds. The van der Waals surface area contributed by atoms with E-state index in [0.29, 0.717) is 27.4 Å². The van der Waals surface area contributed by atoms with E-state index in [0.717, 1.165) is 37.6 Å². The van der Waals surface area contributed by atoms with Gasteiger partial charge < -0.3 is 20.7 Å². The van der Waals surface area contributed by atoms with Crippen LogP contribution in [0.4, 0.5) is 23.0 Å². The fraction of sp³-hybridized carbons (Fsp3) is 0.200. The largest absolute Gasteiger partial charge is 0.396 e. The van der Waals surface area contributed by atoms with E-state index in [1.165, 1.54) is 5.69 Å². The summed E-state index contributed by atoms with van der Waals surface area (Å²) in [4.78, 5) is 11.2. The maximum absolute atomic E-state index is 6.14. The van der Waals surface area contributed by atoms with Crippen molar-refractivity contribution in [1.29, 1.82) is 0 Å². The van der Waals surface area contributed by atoms with Gasteiger partial charge in [-0.2, -0.15) is 0 Å². The van der Waals surface area contributed by atoms with Crippen molar-refractivity contribution in [2.75, 3.05) is 42.3 Å². The third-order valence-corrected chi connectivity index (χ3v) is 5.16. The lowest BCUT2D eigenvalue weighted by atomic mass is 10.1. The van der Waals surface area contributed by atoms with Crippen molar-refractivity contribution >= 4 is 46.2 Å². The van der Waals surface area contributed by atoms with E-state index in [4.69, 9.17) is 33.7 Å². The molecule has 1 fully saturated rings. The first-order valence-electron chi connectivity index (χ1n) is 8.88. The highest BCUT2D eigenvalue weighted by Crippen LogP contribution is 2.33. The number of nitrogen functional groups attached to an aromatic ring is 1. The number of nitrogens with one attached hydrogen (secondary N) is 1. The molecule has 0 unspecified atom stereocenters. The maximum Gasteiger partial charge on any atom is 0.227 e. The molecule has 1 aromatic heterocycles. The van der Waals surface area contributed by atoms with Crippen LogP contribution < -0.4 is 16.0 Å². The number of benzene rings is 2. The Kier molecular flexibility index (Phi) is 5.52. The van der Waals surface area contributed by atoms with Crippen molar-refractivity contribution in [3.8, 4) is 11.3 Å². The van der Waals surface area contributed by atoms with E-state index in [2.05, 4.69) is 32.3 Å². The Bertz CT molecular complexity index is 952. The van der Waals surface area contributed by atoms with Crippen LogP contribution in [0.5, 0.6) is 0 Å². The number of halogens is 2. The smallest absolute Gasteiger partial charge is 0.227 e. The summed E-state index contributed by atoms with van der Waals surface area (Å²) in [5.74, 6) is 0.487. The number of hydrogen-bond acceptors (Lipinski definition) is 6. The first kappa shape index (κ1) is 18.8. The van der Waals surface area contributed by atoms with Crippen LogP contribution >= 0.6 is 23.2 Å². The minimum absolute atomic E-state index is 0.361. The van der Waals surface area contributed by atoms with Crippen LogP contribution in [0, 0.1) is 0 Å². The van der Waals surface area contributed by atoms with Crippen molar-refractivity contribution in [2.45, 2.75) is 0 Å². The van der Waals surface area contributed by atoms with E-state index < -0.39 is 0 Å². The summed E-state index contributed by atoms with van der Waals surface area (Å²) >= 11 is 12.3. The average Bonchev–Trinajstić information content (AvgIpc) is 2.73. The Hall–Kier alpha value is -2.54. The zero-order chi connectivity index (χ0) is 19.5. The minimum atomic E-state index is 0.361. The molecule has 2 heterocycles. The van der Waals surface area contributed by atoms with Gasteiger partial charge in [-0.05, 0) is 42.5 Å². The number of anilines is 4. The van der Waals surface area contributed by atoms with Gasteiger partial charge in [-0.15, -0.1) is 0 Å². The molecule has 0 spiro atoms. The summed E-state index contributed by atoms with van der Waals surface area (Å²) in [5, 5.41) is 4.02. The van der Waals surface area contributed by atoms with Crippen LogP contribution in [-0.4, -0.2) is 36.3 Å². The Balaban J connectivity index is 1.52. The van der Waals surface area contributed by atoms with Crippen LogP contribution in [0.3, 0.4) is 0 Å². The SMILES string of the molecule is Nc1c(Cl)cc(-c2ccnc(Nc3ccc(N4CCOCC4)cc3)n2)cc1Cl. The van der Waals surface area contributed by atoms with E-state index in [-0.39, 0.29) is 0 Å². The lowest BCUT2D eigenvalue weighted by Gasteiger charge is -2.28. The lowest BCUT2D eigenvalue weighted by molar-refractivity contribution is 0.122. The highest BCUT2D eigenvalue weighted by Gasteiger charge is 2.11. The molecule has 28 heavy (non-hydrogen) atoms. The van der Waals surface area contributed by atoms with Gasteiger partial charge in [0.2, 0.25) is 5.95 Å². The fourth-order valence-electron chi connectivity index (χ4n) is 3.02. The zero-order valence-corrected chi connectivity index (χ0v) is 16.5. The quantitative estimate of drug-likeness (QED) is 0.605. The molecule has 0 bridgehead atoms. The van der Waals surface area contributed by atoms with Crippen molar-refractivity contribution < 1.29 is 4.74 Å². The molecule has 144 valence electrons. The highest BCUT2D eigenvalue weighted by atomic mass is 35.5. The molecule has 0 radical (unpaired) electrons. The van der Waals surface area contributed by atoms with E-state index in [9.17, 15) is 0 Å². The number of morpholine rings is 1. The summed E-state index contributed by atoms with van der Waals surface area (Å²) in [6.45, 7) is 3.34. The number of nitrogens with zero attached hydrogens (tertiary/aromatic N) is 3. The minimum Gasteiger partial charge on any atom is -0.396 e. The molecule has 0 atom stereocenters. The second-order valence-corrected chi connectivity index (χ2v) is 7.20. The van der Waals surface area contributed by atoms with Gasteiger partial charge in [-0.25, -0.2) is 9.97 Å². The number of rotatable bonds is 4. The molecule has 6 nitrogen and oxygen atoms in total. The Labute approximate surface area is 173 Å². The second kappa shape index (κ2) is 8.22. The van der Waals surface area contributed by atoms with E-state index in [1.54, 1.807) is 24.4 Å². The maximum atomic E-state index is 6.14. The van der Waals surface area contributed by atoms with E-state index >= 15 is 0 Å². The second-order valence-electron chi connectivity index (χ2n) is 6.39. The van der Waals surface area contributed by atoms with Gasteiger partial charge in [0.25, 0.3) is 0 Å². The molecular weight excluding hydrogens is 397 g/mol. The average molecular weight is 416 g/mol. The Morgan fingerprint density at radius 1 is 1.00 bits per heavy atom. The van der Waals surface area contributed by atoms with Gasteiger partial charge in [0.1, 0.15) is 0 Å². The lowest BCUT2D eigenvalue weighted by Crippen LogP contribution is -2.36. The molecule has 3 aromatic rings. The summed E-state index contributed by atoms with van der Waals surface area (Å²) in [6, 6.07) is 13.5. The van der Waals surface area contributed by atoms with Crippen molar-refractivity contribution in [2.24, 2.45) is 0 Å². The van der Waals surface area contributed by atoms with Crippen LogP contribution in [-0.2, 0) is 4.74 Å². The molecule has 0 saturated carbocycles. The van der Waals surface area contributed by atoms with Gasteiger partial charge in [0, 0.05) is 36.2 Å².